The van der Waals surface area contributed by atoms with E-state index in [1.165, 1.54) is 19.4 Å². The van der Waals surface area contributed by atoms with Gasteiger partial charge in [0.05, 0.1) is 17.8 Å². The largest absolute Gasteiger partial charge is 0.495 e. The van der Waals surface area contributed by atoms with E-state index in [2.05, 4.69) is 10.3 Å². The van der Waals surface area contributed by atoms with Crippen LogP contribution in [0.5, 0.6) is 11.6 Å². The van der Waals surface area contributed by atoms with Crippen molar-refractivity contribution >= 4 is 34.8 Å². The summed E-state index contributed by atoms with van der Waals surface area (Å²) in [4.78, 5) is 15.7. The highest BCUT2D eigenvalue weighted by molar-refractivity contribution is 6.35. The minimum absolute atomic E-state index is 0.149. The molecule has 0 spiro atoms. The van der Waals surface area contributed by atoms with E-state index in [-0.39, 0.29) is 23.4 Å². The van der Waals surface area contributed by atoms with Gasteiger partial charge in [-0.15, -0.1) is 0 Å². The predicted octanol–water partition coefficient (Wildman–Crippen LogP) is 3.41. The average molecular weight is 327 g/mol. The number of benzene rings is 1. The van der Waals surface area contributed by atoms with Gasteiger partial charge in [0.2, 0.25) is 5.88 Å². The van der Waals surface area contributed by atoms with Crippen molar-refractivity contribution in [3.63, 3.8) is 0 Å². The van der Waals surface area contributed by atoms with E-state index < -0.39 is 0 Å². The van der Waals surface area contributed by atoms with Crippen molar-refractivity contribution in [3.8, 4) is 11.6 Å². The number of hydrogen-bond acceptors (Lipinski definition) is 4. The first-order valence-electron chi connectivity index (χ1n) is 5.97. The van der Waals surface area contributed by atoms with Gasteiger partial charge in [-0.25, -0.2) is 4.98 Å². The molecule has 1 N–H and O–H groups in total. The number of rotatable bonds is 5. The van der Waals surface area contributed by atoms with E-state index >= 15 is 0 Å². The van der Waals surface area contributed by atoms with Crippen LogP contribution in [0.1, 0.15) is 0 Å². The Morgan fingerprint density at radius 1 is 1.33 bits per heavy atom. The van der Waals surface area contributed by atoms with E-state index in [9.17, 15) is 4.79 Å². The lowest BCUT2D eigenvalue weighted by atomic mass is 10.3. The van der Waals surface area contributed by atoms with E-state index in [0.29, 0.717) is 16.5 Å². The molecule has 110 valence electrons. The smallest absolute Gasteiger partial charge is 0.262 e. The molecule has 0 atom stereocenters. The summed E-state index contributed by atoms with van der Waals surface area (Å²) in [6, 6.07) is 8.56. The molecular formula is C14H12Cl2N2O3. The van der Waals surface area contributed by atoms with Gasteiger partial charge in [-0.1, -0.05) is 35.3 Å². The summed E-state index contributed by atoms with van der Waals surface area (Å²) in [7, 11) is 1.53. The molecule has 0 bridgehead atoms. The lowest BCUT2D eigenvalue weighted by molar-refractivity contribution is -0.118. The number of halogens is 2. The van der Waals surface area contributed by atoms with Crippen molar-refractivity contribution in [1.29, 1.82) is 0 Å². The average Bonchev–Trinajstić information content (AvgIpc) is 2.47. The molecule has 0 unspecified atom stereocenters. The normalized spacial score (nSPS) is 10.0. The molecule has 1 heterocycles. The standard InChI is InChI=1S/C14H12Cl2N2O3/c1-20-12-5-3-2-4-11(12)18-13(19)8-21-14-10(16)6-9(15)7-17-14/h2-7H,8H2,1H3,(H,18,19). The minimum Gasteiger partial charge on any atom is -0.495 e. The van der Waals surface area contributed by atoms with Crippen molar-refractivity contribution in [2.45, 2.75) is 0 Å². The van der Waals surface area contributed by atoms with Crippen molar-refractivity contribution in [2.75, 3.05) is 19.0 Å². The number of nitrogens with zero attached hydrogens (tertiary/aromatic N) is 1. The summed E-state index contributed by atoms with van der Waals surface area (Å²) in [5, 5.41) is 3.31. The number of nitrogens with one attached hydrogen (secondary N) is 1. The molecule has 0 fully saturated rings. The van der Waals surface area contributed by atoms with Crippen LogP contribution in [0.4, 0.5) is 5.69 Å². The third kappa shape index (κ3) is 4.24. The molecule has 2 aromatic rings. The van der Waals surface area contributed by atoms with E-state index in [1.807, 2.05) is 6.07 Å². The molecule has 0 aliphatic heterocycles. The molecular weight excluding hydrogens is 315 g/mol. The molecule has 2 rings (SSSR count). The maximum absolute atomic E-state index is 11.8. The van der Waals surface area contributed by atoms with Crippen molar-refractivity contribution in [1.82, 2.24) is 4.98 Å². The summed E-state index contributed by atoms with van der Waals surface area (Å²) in [5.74, 6) is 0.358. The quantitative estimate of drug-likeness (QED) is 0.914. The summed E-state index contributed by atoms with van der Waals surface area (Å²) in [5.41, 5.74) is 0.559. The van der Waals surface area contributed by atoms with Gasteiger partial charge in [0, 0.05) is 6.20 Å². The van der Waals surface area contributed by atoms with Gasteiger partial charge in [0.1, 0.15) is 10.8 Å². The van der Waals surface area contributed by atoms with Crippen LogP contribution in [0.15, 0.2) is 36.5 Å². The number of amides is 1. The first kappa shape index (κ1) is 15.4. The Bertz CT molecular complexity index is 650. The summed E-state index contributed by atoms with van der Waals surface area (Å²) >= 11 is 11.6. The van der Waals surface area contributed by atoms with Gasteiger partial charge in [-0.05, 0) is 18.2 Å². The number of carbonyl (C=O) groups is 1. The maximum atomic E-state index is 11.8. The highest BCUT2D eigenvalue weighted by Crippen LogP contribution is 2.25. The zero-order chi connectivity index (χ0) is 15.2. The van der Waals surface area contributed by atoms with E-state index in [0.717, 1.165) is 0 Å². The van der Waals surface area contributed by atoms with Crippen LogP contribution in [0, 0.1) is 0 Å². The van der Waals surface area contributed by atoms with Crippen LogP contribution in [0.25, 0.3) is 0 Å². The number of aromatic nitrogens is 1. The van der Waals surface area contributed by atoms with Gasteiger partial charge in [-0.2, -0.15) is 0 Å². The highest BCUT2D eigenvalue weighted by atomic mass is 35.5. The van der Waals surface area contributed by atoms with Crippen molar-refractivity contribution < 1.29 is 14.3 Å². The van der Waals surface area contributed by atoms with Gasteiger partial charge >= 0.3 is 0 Å². The van der Waals surface area contributed by atoms with Crippen molar-refractivity contribution in [2.24, 2.45) is 0 Å². The first-order chi connectivity index (χ1) is 10.1. The fraction of sp³-hybridized carbons (Fsp3) is 0.143. The molecule has 1 aromatic heterocycles. The number of pyridine rings is 1. The Morgan fingerprint density at radius 2 is 2.10 bits per heavy atom. The Morgan fingerprint density at radius 3 is 2.81 bits per heavy atom. The van der Waals surface area contributed by atoms with E-state index in [4.69, 9.17) is 32.7 Å². The Hall–Kier alpha value is -1.98. The second-order valence-corrected chi connectivity index (χ2v) is 4.82. The Balaban J connectivity index is 1.96. The molecule has 1 aromatic carbocycles. The van der Waals surface area contributed by atoms with Crippen LogP contribution in [0.3, 0.4) is 0 Å². The van der Waals surface area contributed by atoms with Crippen LogP contribution >= 0.6 is 23.2 Å². The van der Waals surface area contributed by atoms with Crippen molar-refractivity contribution in [3.05, 3.63) is 46.6 Å². The van der Waals surface area contributed by atoms with Gasteiger partial charge < -0.3 is 14.8 Å². The van der Waals surface area contributed by atoms with Gasteiger partial charge in [0.15, 0.2) is 6.61 Å². The summed E-state index contributed by atoms with van der Waals surface area (Å²) in [6.45, 7) is -0.230. The summed E-state index contributed by atoms with van der Waals surface area (Å²) in [6.07, 6.45) is 1.39. The zero-order valence-corrected chi connectivity index (χ0v) is 12.6. The molecule has 7 heteroatoms. The summed E-state index contributed by atoms with van der Waals surface area (Å²) < 4.78 is 10.4. The molecule has 0 aliphatic carbocycles. The second-order valence-electron chi connectivity index (χ2n) is 3.98. The first-order valence-corrected chi connectivity index (χ1v) is 6.72. The fourth-order valence-electron chi connectivity index (χ4n) is 1.58. The molecule has 0 saturated carbocycles. The SMILES string of the molecule is COc1ccccc1NC(=O)COc1ncc(Cl)cc1Cl. The number of hydrogen-bond donors (Lipinski definition) is 1. The Labute approximate surface area is 131 Å². The van der Waals surface area contributed by atoms with Crippen LogP contribution in [0.2, 0.25) is 10.0 Å². The number of methoxy groups -OCH3 is 1. The number of carbonyl (C=O) groups excluding carboxylic acids is 1. The maximum Gasteiger partial charge on any atom is 0.262 e. The molecule has 1 amide bonds. The van der Waals surface area contributed by atoms with Crippen LogP contribution in [-0.4, -0.2) is 24.6 Å². The molecule has 0 radical (unpaired) electrons. The number of anilines is 1. The zero-order valence-electron chi connectivity index (χ0n) is 11.1. The van der Waals surface area contributed by atoms with Gasteiger partial charge in [-0.3, -0.25) is 4.79 Å². The predicted molar refractivity (Wildman–Crippen MR) is 81.4 cm³/mol. The molecule has 0 aliphatic rings. The Kier molecular flexibility index (Phi) is 5.25. The molecule has 21 heavy (non-hydrogen) atoms. The lowest BCUT2D eigenvalue weighted by Crippen LogP contribution is -2.20. The topological polar surface area (TPSA) is 60.5 Å². The van der Waals surface area contributed by atoms with Crippen LogP contribution < -0.4 is 14.8 Å². The molecule has 0 saturated heterocycles. The monoisotopic (exact) mass is 326 g/mol. The fourth-order valence-corrected chi connectivity index (χ4v) is 2.01. The van der Waals surface area contributed by atoms with E-state index in [1.54, 1.807) is 18.2 Å². The highest BCUT2D eigenvalue weighted by Gasteiger charge is 2.10. The molecule has 5 nitrogen and oxygen atoms in total. The lowest BCUT2D eigenvalue weighted by Gasteiger charge is -2.10. The number of para-hydroxylation sites is 2. The minimum atomic E-state index is -0.354. The second kappa shape index (κ2) is 7.15. The van der Waals surface area contributed by atoms with Crippen LogP contribution in [-0.2, 0) is 4.79 Å². The third-order valence-electron chi connectivity index (χ3n) is 2.50. The van der Waals surface area contributed by atoms with Gasteiger partial charge in [0.25, 0.3) is 5.91 Å². The third-order valence-corrected chi connectivity index (χ3v) is 2.97. The number of ether oxygens (including phenoxy) is 2.